The van der Waals surface area contributed by atoms with Gasteiger partial charge in [0.15, 0.2) is 0 Å². The van der Waals surface area contributed by atoms with Gasteiger partial charge in [-0.2, -0.15) is 0 Å². The predicted octanol–water partition coefficient (Wildman–Crippen LogP) is 1.93. The molecule has 0 aromatic heterocycles. The first kappa shape index (κ1) is 14.2. The fourth-order valence-corrected chi connectivity index (χ4v) is 3.05. The molecule has 1 saturated heterocycles. The third kappa shape index (κ3) is 3.39. The standard InChI is InChI=1S/C14H24N2O3/c1-9-5-6-16(8-10(9)2)14(19)15-12-4-3-11(7-12)13(17)18/h9-12H,3-8H2,1-2H3,(H,15,19)(H,17,18)/t9?,10?,11-,12+/m1/s1. The fraction of sp³-hybridized carbons (Fsp3) is 0.857. The van der Waals surface area contributed by atoms with Gasteiger partial charge in [0, 0.05) is 19.1 Å². The van der Waals surface area contributed by atoms with E-state index in [9.17, 15) is 9.59 Å². The second kappa shape index (κ2) is 5.80. The van der Waals surface area contributed by atoms with Crippen LogP contribution in [0, 0.1) is 17.8 Å². The second-order valence-corrected chi connectivity index (χ2v) is 6.18. The quantitative estimate of drug-likeness (QED) is 0.804. The van der Waals surface area contributed by atoms with Gasteiger partial charge in [0.2, 0.25) is 0 Å². The molecule has 0 radical (unpaired) electrons. The summed E-state index contributed by atoms with van der Waals surface area (Å²) >= 11 is 0. The molecule has 1 aliphatic carbocycles. The predicted molar refractivity (Wildman–Crippen MR) is 71.8 cm³/mol. The van der Waals surface area contributed by atoms with Crippen LogP contribution in [0.2, 0.25) is 0 Å². The summed E-state index contributed by atoms with van der Waals surface area (Å²) in [6.45, 7) is 6.03. The lowest BCUT2D eigenvalue weighted by Gasteiger charge is -2.35. The molecule has 0 aromatic carbocycles. The van der Waals surface area contributed by atoms with Crippen LogP contribution in [0.5, 0.6) is 0 Å². The van der Waals surface area contributed by atoms with Crippen LogP contribution in [-0.2, 0) is 4.79 Å². The summed E-state index contributed by atoms with van der Waals surface area (Å²) in [5.74, 6) is 0.185. The number of aliphatic carboxylic acids is 1. The second-order valence-electron chi connectivity index (χ2n) is 6.18. The fourth-order valence-electron chi connectivity index (χ4n) is 3.05. The number of nitrogens with zero attached hydrogens (tertiary/aromatic N) is 1. The van der Waals surface area contributed by atoms with Crippen molar-refractivity contribution < 1.29 is 14.7 Å². The highest BCUT2D eigenvalue weighted by Crippen LogP contribution is 2.26. The van der Waals surface area contributed by atoms with Crippen LogP contribution in [0.1, 0.15) is 39.5 Å². The summed E-state index contributed by atoms with van der Waals surface area (Å²) in [6, 6.07) is 0.0121. The largest absolute Gasteiger partial charge is 0.481 e. The zero-order chi connectivity index (χ0) is 14.0. The maximum absolute atomic E-state index is 12.2. The van der Waals surface area contributed by atoms with Gasteiger partial charge in [-0.05, 0) is 37.5 Å². The van der Waals surface area contributed by atoms with E-state index in [2.05, 4.69) is 19.2 Å². The molecule has 4 atom stereocenters. The smallest absolute Gasteiger partial charge is 0.317 e. The molecule has 5 heteroatoms. The first-order chi connectivity index (χ1) is 8.97. The van der Waals surface area contributed by atoms with E-state index in [1.807, 2.05) is 4.90 Å². The van der Waals surface area contributed by atoms with Gasteiger partial charge in [0.25, 0.3) is 0 Å². The average Bonchev–Trinajstić information content (AvgIpc) is 2.81. The van der Waals surface area contributed by atoms with E-state index in [0.29, 0.717) is 24.7 Å². The number of amides is 2. The zero-order valence-electron chi connectivity index (χ0n) is 11.8. The monoisotopic (exact) mass is 268 g/mol. The number of carbonyl (C=O) groups is 2. The van der Waals surface area contributed by atoms with Crippen LogP contribution in [0.3, 0.4) is 0 Å². The summed E-state index contributed by atoms with van der Waals surface area (Å²) in [6.07, 6.45) is 3.08. The molecular formula is C14H24N2O3. The Kier molecular flexibility index (Phi) is 4.32. The molecule has 2 amide bonds. The lowest BCUT2D eigenvalue weighted by molar-refractivity contribution is -0.141. The molecule has 108 valence electrons. The molecule has 1 saturated carbocycles. The molecule has 2 fully saturated rings. The van der Waals surface area contributed by atoms with E-state index in [4.69, 9.17) is 5.11 Å². The Balaban J connectivity index is 1.80. The minimum Gasteiger partial charge on any atom is -0.481 e. The van der Waals surface area contributed by atoms with Gasteiger partial charge in [0.05, 0.1) is 5.92 Å². The number of urea groups is 1. The van der Waals surface area contributed by atoms with Gasteiger partial charge in [0.1, 0.15) is 0 Å². The number of carboxylic acids is 1. The molecular weight excluding hydrogens is 244 g/mol. The molecule has 19 heavy (non-hydrogen) atoms. The minimum absolute atomic E-state index is 0.0187. The third-order valence-corrected chi connectivity index (χ3v) is 4.73. The lowest BCUT2D eigenvalue weighted by Crippen LogP contribution is -2.49. The van der Waals surface area contributed by atoms with Crippen LogP contribution in [0.15, 0.2) is 0 Å². The van der Waals surface area contributed by atoms with Crippen molar-refractivity contribution in [3.8, 4) is 0 Å². The minimum atomic E-state index is -0.739. The third-order valence-electron chi connectivity index (χ3n) is 4.73. The van der Waals surface area contributed by atoms with Gasteiger partial charge < -0.3 is 15.3 Å². The first-order valence-electron chi connectivity index (χ1n) is 7.25. The van der Waals surface area contributed by atoms with E-state index in [-0.39, 0.29) is 18.0 Å². The molecule has 2 N–H and O–H groups in total. The van der Waals surface area contributed by atoms with Crippen LogP contribution in [-0.4, -0.2) is 41.1 Å². The zero-order valence-corrected chi connectivity index (χ0v) is 11.8. The average molecular weight is 268 g/mol. The summed E-state index contributed by atoms with van der Waals surface area (Å²) in [5, 5.41) is 11.9. The molecule has 1 aliphatic heterocycles. The van der Waals surface area contributed by atoms with E-state index in [0.717, 1.165) is 25.9 Å². The number of nitrogens with one attached hydrogen (secondary N) is 1. The van der Waals surface area contributed by atoms with Crippen molar-refractivity contribution in [1.82, 2.24) is 10.2 Å². The Morgan fingerprint density at radius 2 is 1.89 bits per heavy atom. The lowest BCUT2D eigenvalue weighted by atomic mass is 9.89. The summed E-state index contributed by atoms with van der Waals surface area (Å²) < 4.78 is 0. The maximum atomic E-state index is 12.2. The Hall–Kier alpha value is -1.26. The SMILES string of the molecule is CC1CCN(C(=O)N[C@H]2CC[C@@H](C(=O)O)C2)CC1C. The van der Waals surface area contributed by atoms with Crippen LogP contribution in [0.25, 0.3) is 0 Å². The van der Waals surface area contributed by atoms with Crippen LogP contribution >= 0.6 is 0 Å². The van der Waals surface area contributed by atoms with Crippen molar-refractivity contribution in [2.45, 2.75) is 45.6 Å². The van der Waals surface area contributed by atoms with E-state index in [1.54, 1.807) is 0 Å². The van der Waals surface area contributed by atoms with Gasteiger partial charge in [-0.1, -0.05) is 13.8 Å². The van der Waals surface area contributed by atoms with Crippen LogP contribution in [0.4, 0.5) is 4.79 Å². The van der Waals surface area contributed by atoms with Crippen molar-refractivity contribution in [3.63, 3.8) is 0 Å². The van der Waals surface area contributed by atoms with Crippen LogP contribution < -0.4 is 5.32 Å². The highest BCUT2D eigenvalue weighted by atomic mass is 16.4. The van der Waals surface area contributed by atoms with Gasteiger partial charge in [-0.15, -0.1) is 0 Å². The van der Waals surface area contributed by atoms with Crippen molar-refractivity contribution >= 4 is 12.0 Å². The van der Waals surface area contributed by atoms with Gasteiger partial charge in [-0.25, -0.2) is 4.79 Å². The molecule has 1 heterocycles. The first-order valence-corrected chi connectivity index (χ1v) is 7.25. The highest BCUT2D eigenvalue weighted by molar-refractivity contribution is 5.75. The van der Waals surface area contributed by atoms with Crippen molar-refractivity contribution in [1.29, 1.82) is 0 Å². The summed E-state index contributed by atoms with van der Waals surface area (Å²) in [7, 11) is 0. The topological polar surface area (TPSA) is 69.6 Å². The number of rotatable bonds is 2. The normalized spacial score (nSPS) is 35.2. The molecule has 0 bridgehead atoms. The number of hydrogen-bond acceptors (Lipinski definition) is 2. The van der Waals surface area contributed by atoms with Crippen molar-refractivity contribution in [2.24, 2.45) is 17.8 Å². The maximum Gasteiger partial charge on any atom is 0.317 e. The molecule has 2 aliphatic rings. The Bertz CT molecular complexity index is 359. The van der Waals surface area contributed by atoms with Gasteiger partial charge >= 0.3 is 12.0 Å². The molecule has 5 nitrogen and oxygen atoms in total. The molecule has 0 aromatic rings. The number of piperidine rings is 1. The molecule has 2 unspecified atom stereocenters. The van der Waals surface area contributed by atoms with Crippen molar-refractivity contribution in [3.05, 3.63) is 0 Å². The Morgan fingerprint density at radius 1 is 1.16 bits per heavy atom. The number of likely N-dealkylation sites (tertiary alicyclic amines) is 1. The Labute approximate surface area is 114 Å². The van der Waals surface area contributed by atoms with E-state index < -0.39 is 5.97 Å². The van der Waals surface area contributed by atoms with E-state index >= 15 is 0 Å². The Morgan fingerprint density at radius 3 is 2.47 bits per heavy atom. The van der Waals surface area contributed by atoms with E-state index in [1.165, 1.54) is 0 Å². The summed E-state index contributed by atoms with van der Waals surface area (Å²) in [4.78, 5) is 24.9. The number of carboxylic acid groups (broad SMARTS) is 1. The summed E-state index contributed by atoms with van der Waals surface area (Å²) in [5.41, 5.74) is 0. The molecule has 0 spiro atoms. The van der Waals surface area contributed by atoms with Crippen molar-refractivity contribution in [2.75, 3.05) is 13.1 Å². The number of carbonyl (C=O) groups excluding carboxylic acids is 1. The van der Waals surface area contributed by atoms with Gasteiger partial charge in [-0.3, -0.25) is 4.79 Å². The highest BCUT2D eigenvalue weighted by Gasteiger charge is 2.32. The molecule has 2 rings (SSSR count). The number of hydrogen-bond donors (Lipinski definition) is 2.